The zero-order chi connectivity index (χ0) is 62.3. The largest absolute Gasteiger partial charge is 0.444 e. The highest BCUT2D eigenvalue weighted by atomic mass is 32.2. The number of benzene rings is 4. The summed E-state index contributed by atoms with van der Waals surface area (Å²) < 4.78 is 23.4. The third-order valence-electron chi connectivity index (χ3n) is 16.3. The number of likely N-dealkylation sites (N-methyl/N-ethyl adjacent to an activating group) is 1. The standard InChI is InChI=1S/C64H84N8O12S2/c1-38(70(11)61(80)84-62(3,4)5)54(73)66-46-26-28-85-50-32-63(6,7)52(71(50)58(46)77)56(75)68-48(43-18-14-12-15-19-43)36-81-34-40-22-24-42-25-23-41(31-45(42)30-40)35-82-37-49(44-20-16-13-17-21-44)69-57(76)53-64(8,9)33-51-72(53)59(78)47(27-29-86-51)67-55(74)39(2)83-60(79)65-10/h12-25,30-31,38-39,46-53H,26-29,32-37H2,1-11H3,(H,65,79)(H,66,73)(H,67,74)(H,68,75)(H,69,76)/t38?,39?,46-,47-,48?,49?,50-,51-,52+,53-/m0/s1. The van der Waals surface area contributed by atoms with Crippen LogP contribution < -0.4 is 26.6 Å². The van der Waals surface area contributed by atoms with Crippen LogP contribution in [-0.2, 0) is 60.9 Å². The molecule has 0 radical (unpaired) electrons. The molecule has 4 fully saturated rings. The molecule has 0 spiro atoms. The Morgan fingerprint density at radius 3 is 1.52 bits per heavy atom. The van der Waals surface area contributed by atoms with E-state index in [0.717, 1.165) is 33.0 Å². The van der Waals surface area contributed by atoms with Crippen LogP contribution in [0.15, 0.2) is 97.1 Å². The molecule has 8 amide bonds. The number of amides is 8. The molecule has 10 atom stereocenters. The Balaban J connectivity index is 0.901. The quantitative estimate of drug-likeness (QED) is 0.0569. The molecular weight excluding hydrogens is 1140 g/mol. The lowest BCUT2D eigenvalue weighted by atomic mass is 9.83. The van der Waals surface area contributed by atoms with Crippen LogP contribution in [-0.4, -0.2) is 154 Å². The molecule has 86 heavy (non-hydrogen) atoms. The van der Waals surface area contributed by atoms with Crippen molar-refractivity contribution in [2.75, 3.05) is 38.8 Å². The number of thioether (sulfide) groups is 2. The summed E-state index contributed by atoms with van der Waals surface area (Å²) in [4.78, 5) is 114. The second-order valence-electron chi connectivity index (χ2n) is 25.1. The zero-order valence-electron chi connectivity index (χ0n) is 51.1. The van der Waals surface area contributed by atoms with E-state index < -0.39 is 88.8 Å². The predicted molar refractivity (Wildman–Crippen MR) is 330 cm³/mol. The van der Waals surface area contributed by atoms with Crippen LogP contribution in [0.25, 0.3) is 10.8 Å². The molecule has 22 heteroatoms. The monoisotopic (exact) mass is 1220 g/mol. The molecule has 4 aliphatic rings. The summed E-state index contributed by atoms with van der Waals surface area (Å²) in [6, 6.07) is 25.7. The molecular formula is C64H84N8O12S2. The summed E-state index contributed by atoms with van der Waals surface area (Å²) in [5.74, 6) is -1.32. The van der Waals surface area contributed by atoms with Gasteiger partial charge < -0.3 is 55.3 Å². The Morgan fingerprint density at radius 2 is 1.09 bits per heavy atom. The van der Waals surface area contributed by atoms with E-state index in [4.69, 9.17) is 18.9 Å². The van der Waals surface area contributed by atoms with Gasteiger partial charge >= 0.3 is 12.2 Å². The fourth-order valence-electron chi connectivity index (χ4n) is 11.7. The average molecular weight is 1220 g/mol. The van der Waals surface area contributed by atoms with Gasteiger partial charge in [0, 0.05) is 14.1 Å². The lowest BCUT2D eigenvalue weighted by molar-refractivity contribution is -0.144. The minimum absolute atomic E-state index is 0.128. The van der Waals surface area contributed by atoms with E-state index in [9.17, 15) is 38.4 Å². The van der Waals surface area contributed by atoms with Crippen molar-refractivity contribution < 1.29 is 57.3 Å². The first kappa shape index (κ1) is 65.1. The summed E-state index contributed by atoms with van der Waals surface area (Å²) in [5, 5.41) is 15.9. The van der Waals surface area contributed by atoms with Crippen molar-refractivity contribution in [1.29, 1.82) is 0 Å². The summed E-state index contributed by atoms with van der Waals surface area (Å²) in [6.45, 7) is 16.9. The summed E-state index contributed by atoms with van der Waals surface area (Å²) in [5.41, 5.74) is 1.49. The Labute approximate surface area is 513 Å². The predicted octanol–water partition coefficient (Wildman–Crippen LogP) is 7.74. The first-order chi connectivity index (χ1) is 40.7. The number of hydrogen-bond donors (Lipinski definition) is 5. The Bertz CT molecular complexity index is 3110. The number of carbonyl (C=O) groups excluding carboxylic acids is 8. The van der Waals surface area contributed by atoms with Crippen molar-refractivity contribution in [3.8, 4) is 0 Å². The van der Waals surface area contributed by atoms with Gasteiger partial charge in [0.1, 0.15) is 35.8 Å². The minimum atomic E-state index is -1.14. The maximum atomic E-state index is 14.8. The molecule has 0 aromatic heterocycles. The van der Waals surface area contributed by atoms with Crippen molar-refractivity contribution in [3.05, 3.63) is 119 Å². The lowest BCUT2D eigenvalue weighted by Crippen LogP contribution is -2.58. The van der Waals surface area contributed by atoms with Crippen molar-refractivity contribution in [3.63, 3.8) is 0 Å². The molecule has 8 rings (SSSR count). The number of hydrogen-bond acceptors (Lipinski definition) is 14. The van der Waals surface area contributed by atoms with Gasteiger partial charge in [-0.1, -0.05) is 113 Å². The topological polar surface area (TPSA) is 243 Å². The first-order valence-electron chi connectivity index (χ1n) is 29.5. The molecule has 4 aliphatic heterocycles. The van der Waals surface area contributed by atoms with Crippen LogP contribution in [0.1, 0.15) is 122 Å². The first-order valence-corrected chi connectivity index (χ1v) is 31.5. The third-order valence-corrected chi connectivity index (χ3v) is 18.8. The molecule has 4 unspecified atom stereocenters. The van der Waals surface area contributed by atoms with E-state index in [1.807, 2.05) is 113 Å². The van der Waals surface area contributed by atoms with Crippen molar-refractivity contribution in [1.82, 2.24) is 41.3 Å². The van der Waals surface area contributed by atoms with Crippen molar-refractivity contribution in [2.45, 2.75) is 166 Å². The van der Waals surface area contributed by atoms with Gasteiger partial charge in [0.15, 0.2) is 6.10 Å². The molecule has 464 valence electrons. The van der Waals surface area contributed by atoms with E-state index in [1.165, 1.54) is 25.9 Å². The Morgan fingerprint density at radius 1 is 0.651 bits per heavy atom. The van der Waals surface area contributed by atoms with Gasteiger partial charge in [-0.3, -0.25) is 33.7 Å². The number of alkyl carbamates (subject to hydrolysis) is 1. The molecule has 20 nitrogen and oxygen atoms in total. The van der Waals surface area contributed by atoms with E-state index in [0.29, 0.717) is 37.2 Å². The highest BCUT2D eigenvalue weighted by Crippen LogP contribution is 2.48. The molecule has 0 bridgehead atoms. The fourth-order valence-corrected chi connectivity index (χ4v) is 14.8. The van der Waals surface area contributed by atoms with Gasteiger partial charge in [0.2, 0.25) is 29.5 Å². The number of nitrogens with zero attached hydrogens (tertiary/aromatic N) is 3. The number of rotatable bonds is 20. The normalized spacial score (nSPS) is 23.0. The molecule has 5 N–H and O–H groups in total. The van der Waals surface area contributed by atoms with Crippen LogP contribution >= 0.6 is 23.5 Å². The smallest absolute Gasteiger partial charge is 0.410 e. The molecule has 0 saturated carbocycles. The average Bonchev–Trinajstić information content (AvgIpc) is 1.94. The SMILES string of the molecule is CNC(=O)OC(C)C(=O)N[C@H]1CCS[C@H]2CC(C)(C)[C@H](C(=O)NC(COCc3ccc4ccc(COCC(NC(=O)[C@H]5N6C(=O)[C@@H](NC(=O)C(C)N(C)C(=O)OC(C)(C)C)CCS[C@H]6CC5(C)C)c5ccccc5)cc4c3)c3ccccc3)N2C1=O. The highest BCUT2D eigenvalue weighted by Gasteiger charge is 2.56. The molecule has 4 saturated heterocycles. The zero-order valence-corrected chi connectivity index (χ0v) is 52.8. The Hall–Kier alpha value is -6.88. The molecule has 4 heterocycles. The van der Waals surface area contributed by atoms with Gasteiger partial charge in [-0.25, -0.2) is 9.59 Å². The number of ether oxygens (including phenoxy) is 4. The molecule has 4 aromatic rings. The molecule has 4 aromatic carbocycles. The summed E-state index contributed by atoms with van der Waals surface area (Å²) >= 11 is 3.18. The number of fused-ring (bicyclic) bond motifs is 3. The maximum Gasteiger partial charge on any atom is 0.410 e. The summed E-state index contributed by atoms with van der Waals surface area (Å²) in [7, 11) is 2.87. The van der Waals surface area contributed by atoms with Gasteiger partial charge in [-0.2, -0.15) is 0 Å². The van der Waals surface area contributed by atoms with Crippen LogP contribution in [0, 0.1) is 10.8 Å². The van der Waals surface area contributed by atoms with Gasteiger partial charge in [0.05, 0.1) is 49.3 Å². The summed E-state index contributed by atoms with van der Waals surface area (Å²) in [6.07, 6.45) is -0.711. The number of nitrogens with one attached hydrogen (secondary N) is 5. The van der Waals surface area contributed by atoms with Gasteiger partial charge in [-0.05, 0) is 128 Å². The number of carbonyl (C=O) groups is 8. The van der Waals surface area contributed by atoms with Crippen LogP contribution in [0.5, 0.6) is 0 Å². The van der Waals surface area contributed by atoms with Crippen molar-refractivity contribution in [2.24, 2.45) is 10.8 Å². The van der Waals surface area contributed by atoms with E-state index in [2.05, 4.69) is 38.7 Å². The second-order valence-corrected chi connectivity index (χ2v) is 27.7. The third kappa shape index (κ3) is 15.8. The van der Waals surface area contributed by atoms with Crippen LogP contribution in [0.3, 0.4) is 0 Å². The molecule has 0 aliphatic carbocycles. The highest BCUT2D eigenvalue weighted by molar-refractivity contribution is 8.00. The van der Waals surface area contributed by atoms with Gasteiger partial charge in [-0.15, -0.1) is 23.5 Å². The second kappa shape index (κ2) is 27.9. The van der Waals surface area contributed by atoms with Gasteiger partial charge in [0.25, 0.3) is 5.91 Å². The minimum Gasteiger partial charge on any atom is -0.444 e. The van der Waals surface area contributed by atoms with Crippen LogP contribution in [0.4, 0.5) is 9.59 Å². The van der Waals surface area contributed by atoms with Crippen LogP contribution in [0.2, 0.25) is 0 Å². The van der Waals surface area contributed by atoms with E-state index in [-0.39, 0.29) is 60.8 Å². The van der Waals surface area contributed by atoms with Crippen molar-refractivity contribution >= 4 is 81.9 Å². The fraction of sp³-hybridized carbons (Fsp3) is 0.531. The van der Waals surface area contributed by atoms with E-state index >= 15 is 0 Å². The Kier molecular flexibility index (Phi) is 21.1. The van der Waals surface area contributed by atoms with E-state index in [1.54, 1.807) is 61.0 Å². The maximum absolute atomic E-state index is 14.8. The lowest BCUT2D eigenvalue weighted by Gasteiger charge is -2.35.